The van der Waals surface area contributed by atoms with E-state index in [4.69, 9.17) is 4.74 Å². The molecule has 0 spiro atoms. The number of carbonyl (C=O) groups excluding carboxylic acids is 1. The predicted molar refractivity (Wildman–Crippen MR) is 100 cm³/mol. The summed E-state index contributed by atoms with van der Waals surface area (Å²) >= 11 is 0. The molecule has 0 bridgehead atoms. The van der Waals surface area contributed by atoms with Gasteiger partial charge in [0.1, 0.15) is 11.6 Å². The molecule has 7 heteroatoms. The van der Waals surface area contributed by atoms with Crippen LogP contribution in [-0.2, 0) is 4.79 Å². The van der Waals surface area contributed by atoms with Crippen molar-refractivity contribution in [1.82, 2.24) is 9.97 Å². The fourth-order valence-corrected chi connectivity index (χ4v) is 3.47. The Morgan fingerprint density at radius 1 is 1.11 bits per heavy atom. The minimum atomic E-state index is -0.435. The number of nitro benzene ring substituents is 1. The Kier molecular flexibility index (Phi) is 4.58. The number of hydrogen-bond acceptors (Lipinski definition) is 5. The molecule has 7 nitrogen and oxygen atoms in total. The highest BCUT2D eigenvalue weighted by molar-refractivity contribution is 5.81. The average Bonchev–Trinajstić information content (AvgIpc) is 3.12. The summed E-state index contributed by atoms with van der Waals surface area (Å²) in [4.78, 5) is 30.2. The number of nitrogens with zero attached hydrogens (tertiary/aromatic N) is 2. The van der Waals surface area contributed by atoms with Gasteiger partial charge in [0.05, 0.1) is 21.9 Å². The van der Waals surface area contributed by atoms with Crippen LogP contribution in [0.4, 0.5) is 5.69 Å². The van der Waals surface area contributed by atoms with Gasteiger partial charge in [0.15, 0.2) is 0 Å². The van der Waals surface area contributed by atoms with E-state index in [1.807, 2.05) is 12.1 Å². The monoisotopic (exact) mass is 365 g/mol. The van der Waals surface area contributed by atoms with Crippen LogP contribution in [0, 0.1) is 16.0 Å². The Morgan fingerprint density at radius 3 is 2.56 bits per heavy atom. The first-order valence-corrected chi connectivity index (χ1v) is 9.06. The standard InChI is InChI=1S/C20H19N3O4/c24-20(14-4-2-1-3-5-14)27-16-9-6-13(7-10-16)19-21-17-11-8-15(23(25)26)12-18(17)22-19/h6-12,14H,1-5H2,(H,21,22). The maximum absolute atomic E-state index is 12.2. The lowest BCUT2D eigenvalue weighted by Crippen LogP contribution is -2.22. The number of imidazole rings is 1. The van der Waals surface area contributed by atoms with Gasteiger partial charge in [0.25, 0.3) is 5.69 Å². The highest BCUT2D eigenvalue weighted by Crippen LogP contribution is 2.28. The van der Waals surface area contributed by atoms with Crippen LogP contribution in [0.5, 0.6) is 5.75 Å². The number of hydrogen-bond donors (Lipinski definition) is 1. The zero-order valence-electron chi connectivity index (χ0n) is 14.7. The molecule has 0 aliphatic heterocycles. The fourth-order valence-electron chi connectivity index (χ4n) is 3.47. The normalized spacial score (nSPS) is 15.0. The van der Waals surface area contributed by atoms with Gasteiger partial charge < -0.3 is 9.72 Å². The number of benzene rings is 2. The van der Waals surface area contributed by atoms with Crippen molar-refractivity contribution in [2.45, 2.75) is 32.1 Å². The molecule has 1 heterocycles. The van der Waals surface area contributed by atoms with Crippen LogP contribution in [0.3, 0.4) is 0 Å². The molecule has 0 radical (unpaired) electrons. The molecule has 1 N–H and O–H groups in total. The molecule has 3 aromatic rings. The lowest BCUT2D eigenvalue weighted by atomic mass is 9.89. The molecule has 0 atom stereocenters. The molecule has 0 saturated heterocycles. The van der Waals surface area contributed by atoms with Crippen molar-refractivity contribution in [1.29, 1.82) is 0 Å². The maximum atomic E-state index is 12.2. The minimum absolute atomic E-state index is 0.00425. The quantitative estimate of drug-likeness (QED) is 0.315. The van der Waals surface area contributed by atoms with Crippen molar-refractivity contribution in [3.63, 3.8) is 0 Å². The Hall–Kier alpha value is -3.22. The molecule has 138 valence electrons. The number of esters is 1. The Labute approximate surface area is 155 Å². The number of fused-ring (bicyclic) bond motifs is 1. The van der Waals surface area contributed by atoms with Crippen molar-refractivity contribution in [3.8, 4) is 17.1 Å². The number of aromatic nitrogens is 2. The lowest BCUT2D eigenvalue weighted by molar-refractivity contribution is -0.384. The summed E-state index contributed by atoms with van der Waals surface area (Å²) in [7, 11) is 0. The molecular formula is C20H19N3O4. The number of rotatable bonds is 4. The first-order valence-electron chi connectivity index (χ1n) is 9.06. The molecule has 0 amide bonds. The van der Waals surface area contributed by atoms with E-state index in [1.54, 1.807) is 18.2 Å². The summed E-state index contributed by atoms with van der Waals surface area (Å²) in [5.74, 6) is 0.972. The molecule has 27 heavy (non-hydrogen) atoms. The molecule has 4 rings (SSSR count). The third kappa shape index (κ3) is 3.67. The summed E-state index contributed by atoms with van der Waals surface area (Å²) in [6, 6.07) is 11.6. The first kappa shape index (κ1) is 17.2. The largest absolute Gasteiger partial charge is 0.426 e. The van der Waals surface area contributed by atoms with E-state index in [0.717, 1.165) is 31.2 Å². The van der Waals surface area contributed by atoms with Crippen molar-refractivity contribution < 1.29 is 14.5 Å². The molecule has 1 aliphatic rings. The second kappa shape index (κ2) is 7.19. The number of H-pyrrole nitrogens is 1. The van der Waals surface area contributed by atoms with Crippen LogP contribution in [-0.4, -0.2) is 20.9 Å². The van der Waals surface area contributed by atoms with E-state index in [0.29, 0.717) is 22.6 Å². The van der Waals surface area contributed by atoms with Gasteiger partial charge in [-0.25, -0.2) is 4.98 Å². The van der Waals surface area contributed by atoms with Crippen molar-refractivity contribution in [2.75, 3.05) is 0 Å². The van der Waals surface area contributed by atoms with Crippen molar-refractivity contribution >= 4 is 22.7 Å². The van der Waals surface area contributed by atoms with Gasteiger partial charge in [0, 0.05) is 17.7 Å². The van der Waals surface area contributed by atoms with Crippen molar-refractivity contribution in [3.05, 3.63) is 52.6 Å². The SMILES string of the molecule is O=C(Oc1ccc(-c2nc3ccc([N+](=O)[O-])cc3[nH]2)cc1)C1CCCCC1. The highest BCUT2D eigenvalue weighted by atomic mass is 16.6. The maximum Gasteiger partial charge on any atom is 0.314 e. The zero-order chi connectivity index (χ0) is 18.8. The smallest absolute Gasteiger partial charge is 0.314 e. The second-order valence-corrected chi connectivity index (χ2v) is 6.82. The van der Waals surface area contributed by atoms with Crippen LogP contribution in [0.15, 0.2) is 42.5 Å². The third-order valence-electron chi connectivity index (χ3n) is 4.96. The number of nitro groups is 1. The Balaban J connectivity index is 1.50. The van der Waals surface area contributed by atoms with Gasteiger partial charge in [-0.05, 0) is 43.2 Å². The topological polar surface area (TPSA) is 98.1 Å². The van der Waals surface area contributed by atoms with Gasteiger partial charge in [-0.3, -0.25) is 14.9 Å². The van der Waals surface area contributed by atoms with Gasteiger partial charge >= 0.3 is 5.97 Å². The van der Waals surface area contributed by atoms with Crippen LogP contribution < -0.4 is 4.74 Å². The molecular weight excluding hydrogens is 346 g/mol. The van der Waals surface area contributed by atoms with Gasteiger partial charge in [-0.2, -0.15) is 0 Å². The molecule has 1 fully saturated rings. The van der Waals surface area contributed by atoms with Gasteiger partial charge in [0.2, 0.25) is 0 Å². The lowest BCUT2D eigenvalue weighted by Gasteiger charge is -2.19. The van der Waals surface area contributed by atoms with Gasteiger partial charge in [-0.15, -0.1) is 0 Å². The second-order valence-electron chi connectivity index (χ2n) is 6.82. The van der Waals surface area contributed by atoms with E-state index in [-0.39, 0.29) is 17.6 Å². The molecule has 2 aromatic carbocycles. The van der Waals surface area contributed by atoms with Gasteiger partial charge in [-0.1, -0.05) is 19.3 Å². The number of nitrogens with one attached hydrogen (secondary N) is 1. The van der Waals surface area contributed by atoms with Crippen LogP contribution >= 0.6 is 0 Å². The van der Waals surface area contributed by atoms with E-state index in [2.05, 4.69) is 9.97 Å². The summed E-state index contributed by atoms with van der Waals surface area (Å²) in [6.45, 7) is 0. The van der Waals surface area contributed by atoms with E-state index < -0.39 is 4.92 Å². The number of aromatic amines is 1. The summed E-state index contributed by atoms with van der Waals surface area (Å²) in [6.07, 6.45) is 5.18. The summed E-state index contributed by atoms with van der Waals surface area (Å²) < 4.78 is 5.50. The number of non-ortho nitro benzene ring substituents is 1. The van der Waals surface area contributed by atoms with Crippen LogP contribution in [0.2, 0.25) is 0 Å². The summed E-state index contributed by atoms with van der Waals surface area (Å²) in [5.41, 5.74) is 2.09. The van der Waals surface area contributed by atoms with Crippen molar-refractivity contribution in [2.24, 2.45) is 5.92 Å². The Bertz CT molecular complexity index is 988. The third-order valence-corrected chi connectivity index (χ3v) is 4.96. The first-order chi connectivity index (χ1) is 13.1. The van der Waals surface area contributed by atoms with E-state index in [9.17, 15) is 14.9 Å². The molecule has 1 saturated carbocycles. The minimum Gasteiger partial charge on any atom is -0.426 e. The molecule has 1 aliphatic carbocycles. The average molecular weight is 365 g/mol. The highest BCUT2D eigenvalue weighted by Gasteiger charge is 2.23. The predicted octanol–water partition coefficient (Wildman–Crippen LogP) is 4.62. The van der Waals surface area contributed by atoms with E-state index in [1.165, 1.54) is 18.6 Å². The van der Waals surface area contributed by atoms with Crippen LogP contribution in [0.1, 0.15) is 32.1 Å². The molecule has 1 aromatic heterocycles. The Morgan fingerprint density at radius 2 is 1.85 bits per heavy atom. The summed E-state index contributed by atoms with van der Waals surface area (Å²) in [5, 5.41) is 10.9. The van der Waals surface area contributed by atoms with E-state index >= 15 is 0 Å². The number of ether oxygens (including phenoxy) is 1. The van der Waals surface area contributed by atoms with Crippen LogP contribution in [0.25, 0.3) is 22.4 Å². The molecule has 0 unspecified atom stereocenters. The number of carbonyl (C=O) groups is 1. The fraction of sp³-hybridized carbons (Fsp3) is 0.300. The zero-order valence-corrected chi connectivity index (χ0v) is 14.7.